The first-order chi connectivity index (χ1) is 8.11. The molecule has 1 aromatic rings. The lowest BCUT2D eigenvalue weighted by atomic mass is 10.3. The molecular weight excluding hydrogens is 337 g/mol. The first-order valence-electron chi connectivity index (χ1n) is 4.85. The van der Waals surface area contributed by atoms with Crippen LogP contribution in [-0.2, 0) is 14.3 Å². The predicted molar refractivity (Wildman–Crippen MR) is 69.7 cm³/mol. The van der Waals surface area contributed by atoms with Crippen molar-refractivity contribution in [3.63, 3.8) is 0 Å². The van der Waals surface area contributed by atoms with Gasteiger partial charge in [0.2, 0.25) is 0 Å². The second-order valence-corrected chi connectivity index (χ2v) is 4.35. The lowest BCUT2D eigenvalue weighted by Crippen LogP contribution is -2.31. The van der Waals surface area contributed by atoms with Gasteiger partial charge >= 0.3 is 11.9 Å². The van der Waals surface area contributed by atoms with Gasteiger partial charge in [-0.05, 0) is 46.9 Å². The first kappa shape index (κ1) is 13.9. The standard InChI is InChI=1S/C11H12INO4/c1-16-10(14)6-13-7-11(15)17-9-4-2-8(12)3-5-9/h2-5,13H,6-7H2,1H3. The van der Waals surface area contributed by atoms with Crippen LogP contribution in [0.4, 0.5) is 0 Å². The second kappa shape index (κ2) is 7.23. The fraction of sp³-hybridized carbons (Fsp3) is 0.273. The molecule has 0 spiro atoms. The van der Waals surface area contributed by atoms with Crippen LogP contribution in [0, 0.1) is 3.57 Å². The quantitative estimate of drug-likeness (QED) is 0.487. The van der Waals surface area contributed by atoms with E-state index in [0.717, 1.165) is 3.57 Å². The average Bonchev–Trinajstić information content (AvgIpc) is 2.32. The average molecular weight is 349 g/mol. The molecule has 6 heteroatoms. The normalized spacial score (nSPS) is 9.76. The smallest absolute Gasteiger partial charge is 0.325 e. The Balaban J connectivity index is 2.30. The van der Waals surface area contributed by atoms with Crippen LogP contribution in [0.1, 0.15) is 0 Å². The molecule has 1 aromatic carbocycles. The van der Waals surface area contributed by atoms with Gasteiger partial charge in [-0.15, -0.1) is 0 Å². The van der Waals surface area contributed by atoms with Crippen molar-refractivity contribution in [2.24, 2.45) is 0 Å². The summed E-state index contributed by atoms with van der Waals surface area (Å²) in [5.41, 5.74) is 0. The molecule has 1 N–H and O–H groups in total. The molecule has 0 atom stereocenters. The van der Waals surface area contributed by atoms with Crippen LogP contribution in [0.15, 0.2) is 24.3 Å². The minimum absolute atomic E-state index is 0.0156. The highest BCUT2D eigenvalue weighted by molar-refractivity contribution is 14.1. The van der Waals surface area contributed by atoms with Crippen molar-refractivity contribution in [3.8, 4) is 5.75 Å². The predicted octanol–water partition coefficient (Wildman–Crippen LogP) is 0.959. The molecule has 5 nitrogen and oxygen atoms in total. The van der Waals surface area contributed by atoms with Gasteiger partial charge in [0, 0.05) is 3.57 Å². The van der Waals surface area contributed by atoms with Crippen LogP contribution in [0.2, 0.25) is 0 Å². The molecule has 0 aliphatic heterocycles. The molecule has 0 saturated heterocycles. The van der Waals surface area contributed by atoms with E-state index in [1.165, 1.54) is 7.11 Å². The summed E-state index contributed by atoms with van der Waals surface area (Å²) in [4.78, 5) is 22.1. The van der Waals surface area contributed by atoms with Crippen molar-refractivity contribution < 1.29 is 19.1 Å². The van der Waals surface area contributed by atoms with E-state index in [4.69, 9.17) is 4.74 Å². The summed E-state index contributed by atoms with van der Waals surface area (Å²) in [5, 5.41) is 2.62. The van der Waals surface area contributed by atoms with Crippen molar-refractivity contribution in [3.05, 3.63) is 27.8 Å². The summed E-state index contributed by atoms with van der Waals surface area (Å²) in [6.07, 6.45) is 0. The number of rotatable bonds is 5. The summed E-state index contributed by atoms with van der Waals surface area (Å²) in [6.45, 7) is -0.0562. The Morgan fingerprint density at radius 1 is 1.18 bits per heavy atom. The number of esters is 2. The number of hydrogen-bond donors (Lipinski definition) is 1. The number of methoxy groups -OCH3 is 1. The zero-order valence-corrected chi connectivity index (χ0v) is 11.4. The van der Waals surface area contributed by atoms with Gasteiger partial charge in [0.25, 0.3) is 0 Å². The van der Waals surface area contributed by atoms with Gasteiger partial charge in [-0.25, -0.2) is 0 Å². The van der Waals surface area contributed by atoms with Gasteiger partial charge in [-0.3, -0.25) is 14.9 Å². The van der Waals surface area contributed by atoms with Crippen molar-refractivity contribution in [2.75, 3.05) is 20.2 Å². The molecule has 0 fully saturated rings. The minimum atomic E-state index is -0.449. The summed E-state index contributed by atoms with van der Waals surface area (Å²) in [6, 6.07) is 7.09. The van der Waals surface area contributed by atoms with E-state index in [0.29, 0.717) is 5.75 Å². The van der Waals surface area contributed by atoms with Crippen molar-refractivity contribution in [1.29, 1.82) is 0 Å². The van der Waals surface area contributed by atoms with Crippen molar-refractivity contribution >= 4 is 34.5 Å². The fourth-order valence-corrected chi connectivity index (χ4v) is 1.37. The second-order valence-electron chi connectivity index (χ2n) is 3.11. The Kier molecular flexibility index (Phi) is 5.92. The number of ether oxygens (including phenoxy) is 2. The fourth-order valence-electron chi connectivity index (χ4n) is 1.01. The van der Waals surface area contributed by atoms with Gasteiger partial charge in [-0.1, -0.05) is 0 Å². The number of carbonyl (C=O) groups excluding carboxylic acids is 2. The maximum absolute atomic E-state index is 11.3. The Morgan fingerprint density at radius 2 is 1.76 bits per heavy atom. The van der Waals surface area contributed by atoms with E-state index in [1.807, 2.05) is 12.1 Å². The van der Waals surface area contributed by atoms with E-state index in [1.54, 1.807) is 12.1 Å². The highest BCUT2D eigenvalue weighted by Gasteiger charge is 2.06. The third-order valence-corrected chi connectivity index (χ3v) is 2.53. The van der Waals surface area contributed by atoms with Crippen molar-refractivity contribution in [2.45, 2.75) is 0 Å². The lowest BCUT2D eigenvalue weighted by molar-refractivity contribution is -0.139. The van der Waals surface area contributed by atoms with Gasteiger partial charge in [0.05, 0.1) is 20.2 Å². The summed E-state index contributed by atoms with van der Waals surface area (Å²) in [5.74, 6) is -0.391. The van der Waals surface area contributed by atoms with Gasteiger partial charge in [0.1, 0.15) is 5.75 Å². The lowest BCUT2D eigenvalue weighted by Gasteiger charge is -2.05. The molecule has 17 heavy (non-hydrogen) atoms. The Bertz CT molecular complexity index is 391. The summed E-state index contributed by atoms with van der Waals surface area (Å²) >= 11 is 2.16. The maximum atomic E-state index is 11.3. The van der Waals surface area contributed by atoms with Gasteiger partial charge in [-0.2, -0.15) is 0 Å². The monoisotopic (exact) mass is 349 g/mol. The van der Waals surface area contributed by atoms with E-state index in [-0.39, 0.29) is 13.1 Å². The van der Waals surface area contributed by atoms with Crippen molar-refractivity contribution in [1.82, 2.24) is 5.32 Å². The topological polar surface area (TPSA) is 64.6 Å². The van der Waals surface area contributed by atoms with E-state index in [9.17, 15) is 9.59 Å². The molecule has 0 aliphatic carbocycles. The molecule has 0 radical (unpaired) electrons. The van der Waals surface area contributed by atoms with Crippen LogP contribution in [-0.4, -0.2) is 32.1 Å². The molecule has 0 aliphatic rings. The molecule has 0 unspecified atom stereocenters. The Hall–Kier alpha value is -1.15. The van der Waals surface area contributed by atoms with E-state index >= 15 is 0 Å². The molecular formula is C11H12INO4. The highest BCUT2D eigenvalue weighted by atomic mass is 127. The first-order valence-corrected chi connectivity index (χ1v) is 5.93. The highest BCUT2D eigenvalue weighted by Crippen LogP contribution is 2.13. The van der Waals surface area contributed by atoms with Crippen LogP contribution >= 0.6 is 22.6 Å². The molecule has 0 bridgehead atoms. The molecule has 0 amide bonds. The van der Waals surface area contributed by atoms with Crippen LogP contribution in [0.25, 0.3) is 0 Å². The Morgan fingerprint density at radius 3 is 2.35 bits per heavy atom. The molecule has 1 rings (SSSR count). The third kappa shape index (κ3) is 5.64. The van der Waals surface area contributed by atoms with E-state index in [2.05, 4.69) is 32.6 Å². The van der Waals surface area contributed by atoms with Crippen LogP contribution in [0.5, 0.6) is 5.75 Å². The van der Waals surface area contributed by atoms with Gasteiger partial charge in [0.15, 0.2) is 0 Å². The maximum Gasteiger partial charge on any atom is 0.325 e. The largest absolute Gasteiger partial charge is 0.468 e. The molecule has 92 valence electrons. The zero-order chi connectivity index (χ0) is 12.7. The zero-order valence-electron chi connectivity index (χ0n) is 9.23. The minimum Gasteiger partial charge on any atom is -0.468 e. The molecule has 0 heterocycles. The number of nitrogens with one attached hydrogen (secondary N) is 1. The third-order valence-electron chi connectivity index (χ3n) is 1.81. The molecule has 0 saturated carbocycles. The van der Waals surface area contributed by atoms with Crippen LogP contribution < -0.4 is 10.1 Å². The van der Waals surface area contributed by atoms with E-state index < -0.39 is 11.9 Å². The Labute approximate surface area is 113 Å². The summed E-state index contributed by atoms with van der Waals surface area (Å²) in [7, 11) is 1.29. The van der Waals surface area contributed by atoms with Crippen LogP contribution in [0.3, 0.4) is 0 Å². The number of carbonyl (C=O) groups is 2. The summed E-state index contributed by atoms with van der Waals surface area (Å²) < 4.78 is 10.5. The SMILES string of the molecule is COC(=O)CNCC(=O)Oc1ccc(I)cc1. The number of benzene rings is 1. The molecule has 0 aromatic heterocycles. The number of halogens is 1. The number of hydrogen-bond acceptors (Lipinski definition) is 5. The van der Waals surface area contributed by atoms with Gasteiger partial charge < -0.3 is 9.47 Å².